The smallest absolute Gasteiger partial charge is 0.191 e. The van der Waals surface area contributed by atoms with Crippen LogP contribution in [0.5, 0.6) is 0 Å². The lowest BCUT2D eigenvalue weighted by molar-refractivity contribution is 0.198. The number of likely N-dealkylation sites (tertiary alicyclic amines) is 1. The minimum Gasteiger partial charge on any atom is -0.396 e. The van der Waals surface area contributed by atoms with Gasteiger partial charge in [0.25, 0.3) is 0 Å². The first-order chi connectivity index (χ1) is 13.6. The maximum atomic E-state index is 13.0. The number of aliphatic hydroxyl groups excluding tert-OH is 1. The summed E-state index contributed by atoms with van der Waals surface area (Å²) in [6.07, 6.45) is 5.18. The number of aliphatic imine (C=N–C) groups is 1. The van der Waals surface area contributed by atoms with Crippen molar-refractivity contribution in [3.63, 3.8) is 0 Å². The van der Waals surface area contributed by atoms with Crippen LogP contribution >= 0.6 is 0 Å². The number of benzene rings is 1. The monoisotopic (exact) mass is 392 g/mol. The van der Waals surface area contributed by atoms with Gasteiger partial charge >= 0.3 is 0 Å². The molecule has 2 rings (SSSR count). The van der Waals surface area contributed by atoms with Crippen LogP contribution in [-0.4, -0.2) is 54.8 Å². The van der Waals surface area contributed by atoms with Crippen molar-refractivity contribution >= 4 is 5.96 Å². The molecule has 0 spiro atoms. The third-order valence-corrected chi connectivity index (χ3v) is 5.33. The van der Waals surface area contributed by atoms with Crippen molar-refractivity contribution < 1.29 is 9.50 Å². The van der Waals surface area contributed by atoms with Crippen molar-refractivity contribution in [2.24, 2.45) is 10.9 Å². The Hall–Kier alpha value is -1.66. The minimum atomic E-state index is -0.179. The highest BCUT2D eigenvalue weighted by atomic mass is 19.1. The van der Waals surface area contributed by atoms with E-state index in [1.165, 1.54) is 12.1 Å². The molecule has 6 heteroatoms. The average molecular weight is 393 g/mol. The maximum absolute atomic E-state index is 13.0. The molecule has 28 heavy (non-hydrogen) atoms. The first-order valence-corrected chi connectivity index (χ1v) is 10.8. The van der Waals surface area contributed by atoms with Gasteiger partial charge < -0.3 is 15.7 Å². The first-order valence-electron chi connectivity index (χ1n) is 10.8. The number of piperidine rings is 1. The Labute approximate surface area is 169 Å². The van der Waals surface area contributed by atoms with Gasteiger partial charge in [0, 0.05) is 45.4 Å². The zero-order chi connectivity index (χ0) is 20.2. The summed E-state index contributed by atoms with van der Waals surface area (Å²) in [5.41, 5.74) is 1.16. The van der Waals surface area contributed by atoms with E-state index < -0.39 is 0 Å². The van der Waals surface area contributed by atoms with Gasteiger partial charge in [0.05, 0.1) is 0 Å². The molecule has 1 heterocycles. The van der Waals surface area contributed by atoms with Gasteiger partial charge in [-0.25, -0.2) is 4.39 Å². The summed E-state index contributed by atoms with van der Waals surface area (Å²) in [7, 11) is 0. The molecule has 5 nitrogen and oxygen atoms in total. The molecule has 1 aromatic carbocycles. The SMILES string of the molecule is CCCC(CCO)CN=C(NCC)NC1CCN(Cc2ccc(F)cc2)CC1. The molecule has 0 aromatic heterocycles. The Kier molecular flexibility index (Phi) is 10.3. The number of nitrogens with one attached hydrogen (secondary N) is 2. The second kappa shape index (κ2) is 12.7. The molecule has 1 fully saturated rings. The van der Waals surface area contributed by atoms with Crippen LogP contribution in [-0.2, 0) is 6.54 Å². The Morgan fingerprint density at radius 2 is 1.93 bits per heavy atom. The van der Waals surface area contributed by atoms with E-state index in [-0.39, 0.29) is 12.4 Å². The lowest BCUT2D eigenvalue weighted by atomic mass is 10.0. The van der Waals surface area contributed by atoms with Crippen LogP contribution in [0.3, 0.4) is 0 Å². The average Bonchev–Trinajstić information content (AvgIpc) is 2.70. The van der Waals surface area contributed by atoms with Crippen LogP contribution in [0, 0.1) is 11.7 Å². The summed E-state index contributed by atoms with van der Waals surface area (Å²) in [6.45, 7) is 9.02. The third kappa shape index (κ3) is 8.15. The molecular weight excluding hydrogens is 355 g/mol. The topological polar surface area (TPSA) is 59.9 Å². The minimum absolute atomic E-state index is 0.179. The fraction of sp³-hybridized carbons (Fsp3) is 0.682. The van der Waals surface area contributed by atoms with Gasteiger partial charge in [0.2, 0.25) is 0 Å². The van der Waals surface area contributed by atoms with Crippen molar-refractivity contribution in [2.75, 3.05) is 32.8 Å². The standard InChI is InChI=1S/C22H37FN4O/c1-3-5-18(12-15-28)16-25-22(24-4-2)26-21-10-13-27(14-11-21)17-19-6-8-20(23)9-7-19/h6-9,18,21,28H,3-5,10-17H2,1-2H3,(H2,24,25,26). The number of halogens is 1. The second-order valence-corrected chi connectivity index (χ2v) is 7.71. The third-order valence-electron chi connectivity index (χ3n) is 5.33. The van der Waals surface area contributed by atoms with Crippen molar-refractivity contribution in [1.29, 1.82) is 0 Å². The molecule has 1 atom stereocenters. The molecule has 1 saturated heterocycles. The Morgan fingerprint density at radius 1 is 1.21 bits per heavy atom. The summed E-state index contributed by atoms with van der Waals surface area (Å²) in [4.78, 5) is 7.20. The molecule has 0 bridgehead atoms. The summed E-state index contributed by atoms with van der Waals surface area (Å²) in [6, 6.07) is 7.23. The highest BCUT2D eigenvalue weighted by Crippen LogP contribution is 2.15. The largest absolute Gasteiger partial charge is 0.396 e. The molecule has 1 aliphatic rings. The summed E-state index contributed by atoms with van der Waals surface area (Å²) in [5.74, 6) is 1.16. The van der Waals surface area contributed by atoms with Crippen molar-refractivity contribution in [3.8, 4) is 0 Å². The number of hydrogen-bond donors (Lipinski definition) is 3. The maximum Gasteiger partial charge on any atom is 0.191 e. The van der Waals surface area contributed by atoms with Gasteiger partial charge in [-0.2, -0.15) is 0 Å². The quantitative estimate of drug-likeness (QED) is 0.423. The fourth-order valence-electron chi connectivity index (χ4n) is 3.73. The van der Waals surface area contributed by atoms with Gasteiger partial charge in [-0.05, 0) is 56.2 Å². The highest BCUT2D eigenvalue weighted by molar-refractivity contribution is 5.80. The predicted molar refractivity (Wildman–Crippen MR) is 114 cm³/mol. The van der Waals surface area contributed by atoms with E-state index in [1.807, 2.05) is 12.1 Å². The molecule has 0 amide bonds. The van der Waals surface area contributed by atoms with E-state index >= 15 is 0 Å². The van der Waals surface area contributed by atoms with E-state index in [0.717, 1.165) is 76.4 Å². The molecule has 0 radical (unpaired) electrons. The van der Waals surface area contributed by atoms with Crippen molar-refractivity contribution in [1.82, 2.24) is 15.5 Å². The van der Waals surface area contributed by atoms with Crippen LogP contribution in [0.1, 0.15) is 51.5 Å². The number of aliphatic hydroxyl groups is 1. The fourth-order valence-corrected chi connectivity index (χ4v) is 3.73. The molecule has 0 aliphatic carbocycles. The van der Waals surface area contributed by atoms with Crippen molar-refractivity contribution in [3.05, 3.63) is 35.6 Å². The summed E-state index contributed by atoms with van der Waals surface area (Å²) >= 11 is 0. The van der Waals surface area contributed by atoms with Crippen LogP contribution in [0.4, 0.5) is 4.39 Å². The summed E-state index contributed by atoms with van der Waals surface area (Å²) in [5, 5.41) is 16.2. The zero-order valence-corrected chi connectivity index (χ0v) is 17.5. The van der Waals surface area contributed by atoms with E-state index in [4.69, 9.17) is 4.99 Å². The van der Waals surface area contributed by atoms with Gasteiger partial charge in [0.15, 0.2) is 5.96 Å². The zero-order valence-electron chi connectivity index (χ0n) is 17.5. The van der Waals surface area contributed by atoms with Gasteiger partial charge in [-0.15, -0.1) is 0 Å². The molecule has 1 aromatic rings. The molecule has 1 aliphatic heterocycles. The molecule has 0 saturated carbocycles. The Balaban J connectivity index is 1.80. The van der Waals surface area contributed by atoms with Crippen LogP contribution in [0.15, 0.2) is 29.3 Å². The van der Waals surface area contributed by atoms with Gasteiger partial charge in [-0.3, -0.25) is 9.89 Å². The number of rotatable bonds is 10. The second-order valence-electron chi connectivity index (χ2n) is 7.71. The molecule has 1 unspecified atom stereocenters. The van der Waals surface area contributed by atoms with Crippen molar-refractivity contribution in [2.45, 2.75) is 58.5 Å². The highest BCUT2D eigenvalue weighted by Gasteiger charge is 2.20. The van der Waals surface area contributed by atoms with E-state index in [9.17, 15) is 9.50 Å². The van der Waals surface area contributed by atoms with E-state index in [0.29, 0.717) is 12.0 Å². The molecule has 3 N–H and O–H groups in total. The van der Waals surface area contributed by atoms with Crippen LogP contribution in [0.2, 0.25) is 0 Å². The number of nitrogens with zero attached hydrogens (tertiary/aromatic N) is 2. The number of hydrogen-bond acceptors (Lipinski definition) is 3. The molecular formula is C22H37FN4O. The van der Waals surface area contributed by atoms with Crippen LogP contribution < -0.4 is 10.6 Å². The number of guanidine groups is 1. The predicted octanol–water partition coefficient (Wildman–Crippen LogP) is 3.14. The van der Waals surface area contributed by atoms with E-state index in [2.05, 4.69) is 29.4 Å². The van der Waals surface area contributed by atoms with E-state index in [1.54, 1.807) is 0 Å². The van der Waals surface area contributed by atoms with Gasteiger partial charge in [-0.1, -0.05) is 25.5 Å². The lowest BCUT2D eigenvalue weighted by Crippen LogP contribution is -2.48. The van der Waals surface area contributed by atoms with Gasteiger partial charge in [0.1, 0.15) is 5.82 Å². The van der Waals surface area contributed by atoms with Crippen LogP contribution in [0.25, 0.3) is 0 Å². The molecule has 158 valence electrons. The Bertz CT molecular complexity index is 564. The lowest BCUT2D eigenvalue weighted by Gasteiger charge is -2.33. The Morgan fingerprint density at radius 3 is 2.54 bits per heavy atom. The summed E-state index contributed by atoms with van der Waals surface area (Å²) < 4.78 is 13.0. The normalized spacial score (nSPS) is 17.5. The first kappa shape index (κ1) is 22.6.